The molecule has 1 N–H and O–H groups in total. The molecule has 1 aliphatic rings. The number of nitrogens with zero attached hydrogens (tertiary/aromatic N) is 2. The maximum atomic E-state index is 13.4. The van der Waals surface area contributed by atoms with Crippen molar-refractivity contribution >= 4 is 11.6 Å². The third-order valence-corrected chi connectivity index (χ3v) is 3.67. The second kappa shape index (κ2) is 6.62. The van der Waals surface area contributed by atoms with E-state index in [-0.39, 0.29) is 18.2 Å². The zero-order valence-corrected chi connectivity index (χ0v) is 11.5. The van der Waals surface area contributed by atoms with E-state index in [1.807, 2.05) is 0 Å². The van der Waals surface area contributed by atoms with Gasteiger partial charge < -0.3 is 10.0 Å². The predicted molar refractivity (Wildman–Crippen MR) is 73.4 cm³/mol. The molecule has 21 heavy (non-hydrogen) atoms. The number of carbonyl (C=O) groups is 1. The summed E-state index contributed by atoms with van der Waals surface area (Å²) in [5.41, 5.74) is -0.458. The minimum atomic E-state index is -0.803. The van der Waals surface area contributed by atoms with Crippen molar-refractivity contribution in [3.8, 4) is 0 Å². The molecule has 6 nitrogen and oxygen atoms in total. The molecule has 0 aliphatic heterocycles. The molecule has 1 fully saturated rings. The SMILES string of the molecule is O=C(c1cc(F)cc([N+](=O)[O-])c1)N(CCCO)C1CCC1. The fourth-order valence-electron chi connectivity index (χ4n) is 2.36. The van der Waals surface area contributed by atoms with Crippen molar-refractivity contribution in [2.24, 2.45) is 0 Å². The number of hydrogen-bond acceptors (Lipinski definition) is 4. The molecule has 0 aromatic heterocycles. The van der Waals surface area contributed by atoms with Crippen molar-refractivity contribution in [2.45, 2.75) is 31.7 Å². The van der Waals surface area contributed by atoms with Gasteiger partial charge in [-0.3, -0.25) is 14.9 Å². The van der Waals surface area contributed by atoms with Gasteiger partial charge in [0.1, 0.15) is 5.82 Å². The van der Waals surface area contributed by atoms with Crippen LogP contribution in [0.5, 0.6) is 0 Å². The summed E-state index contributed by atoms with van der Waals surface area (Å²) in [6.45, 7) is 0.324. The quantitative estimate of drug-likeness (QED) is 0.643. The van der Waals surface area contributed by atoms with Crippen molar-refractivity contribution in [1.82, 2.24) is 4.90 Å². The smallest absolute Gasteiger partial charge is 0.273 e. The van der Waals surface area contributed by atoms with Gasteiger partial charge in [-0.2, -0.15) is 0 Å². The number of rotatable bonds is 6. The standard InChI is InChI=1S/C14H17FN2O4/c15-11-7-10(8-13(9-11)17(20)21)14(19)16(5-2-6-18)12-3-1-4-12/h7-9,12,18H,1-6H2. The Morgan fingerprint density at radius 1 is 1.43 bits per heavy atom. The summed E-state index contributed by atoms with van der Waals surface area (Å²) in [6.07, 6.45) is 3.19. The van der Waals surface area contributed by atoms with Gasteiger partial charge in [0.05, 0.1) is 11.0 Å². The van der Waals surface area contributed by atoms with Crippen LogP contribution in [0, 0.1) is 15.9 Å². The van der Waals surface area contributed by atoms with Crippen LogP contribution < -0.4 is 0 Å². The third kappa shape index (κ3) is 3.55. The van der Waals surface area contributed by atoms with Crippen LogP contribution in [0.15, 0.2) is 18.2 Å². The van der Waals surface area contributed by atoms with Crippen molar-refractivity contribution in [3.05, 3.63) is 39.7 Å². The molecular formula is C14H17FN2O4. The summed E-state index contributed by atoms with van der Waals surface area (Å²) in [7, 11) is 0. The van der Waals surface area contributed by atoms with Crippen molar-refractivity contribution in [1.29, 1.82) is 0 Å². The summed E-state index contributed by atoms with van der Waals surface area (Å²) in [4.78, 5) is 24.1. The molecular weight excluding hydrogens is 279 g/mol. The first-order chi connectivity index (χ1) is 10.0. The molecule has 1 aromatic carbocycles. The minimum absolute atomic E-state index is 0.0217. The van der Waals surface area contributed by atoms with Crippen molar-refractivity contribution in [2.75, 3.05) is 13.2 Å². The summed E-state index contributed by atoms with van der Waals surface area (Å²) in [5.74, 6) is -1.22. The highest BCUT2D eigenvalue weighted by molar-refractivity contribution is 5.95. The van der Waals surface area contributed by atoms with Crippen LogP contribution in [0.2, 0.25) is 0 Å². The lowest BCUT2D eigenvalue weighted by atomic mass is 9.90. The van der Waals surface area contributed by atoms with Gasteiger partial charge in [-0.25, -0.2) is 4.39 Å². The predicted octanol–water partition coefficient (Wildman–Crippen LogP) is 2.11. The van der Waals surface area contributed by atoms with Gasteiger partial charge in [-0.1, -0.05) is 0 Å². The average molecular weight is 296 g/mol. The Kier molecular flexibility index (Phi) is 4.85. The van der Waals surface area contributed by atoms with Crippen LogP contribution in [0.25, 0.3) is 0 Å². The second-order valence-electron chi connectivity index (χ2n) is 5.12. The average Bonchev–Trinajstić information content (AvgIpc) is 2.39. The highest BCUT2D eigenvalue weighted by Gasteiger charge is 2.30. The number of hydrogen-bond donors (Lipinski definition) is 1. The first-order valence-electron chi connectivity index (χ1n) is 6.89. The monoisotopic (exact) mass is 296 g/mol. The van der Waals surface area contributed by atoms with Crippen molar-refractivity contribution < 1.29 is 19.2 Å². The molecule has 0 unspecified atom stereocenters. The topological polar surface area (TPSA) is 83.7 Å². The normalized spacial score (nSPS) is 14.6. The Labute approximate surface area is 121 Å². The van der Waals surface area contributed by atoms with Gasteiger partial charge in [0.25, 0.3) is 11.6 Å². The molecule has 0 atom stereocenters. The number of amides is 1. The highest BCUT2D eigenvalue weighted by Crippen LogP contribution is 2.27. The van der Waals surface area contributed by atoms with E-state index < -0.39 is 22.3 Å². The number of benzene rings is 1. The van der Waals surface area contributed by atoms with Gasteiger partial charge in [0.2, 0.25) is 0 Å². The van der Waals surface area contributed by atoms with Crippen LogP contribution >= 0.6 is 0 Å². The Hall–Kier alpha value is -2.02. The number of non-ortho nitro benzene ring substituents is 1. The van der Waals surface area contributed by atoms with Gasteiger partial charge in [0, 0.05) is 30.8 Å². The summed E-state index contributed by atoms with van der Waals surface area (Å²) < 4.78 is 13.4. The second-order valence-corrected chi connectivity index (χ2v) is 5.12. The molecule has 1 amide bonds. The van der Waals surface area contributed by atoms with E-state index in [0.29, 0.717) is 13.0 Å². The van der Waals surface area contributed by atoms with Crippen LogP contribution in [0.3, 0.4) is 0 Å². The summed E-state index contributed by atoms with van der Waals surface area (Å²) in [6, 6.07) is 2.97. The van der Waals surface area contributed by atoms with Crippen LogP contribution in [0.4, 0.5) is 10.1 Å². The first kappa shape index (κ1) is 15.4. The molecule has 0 radical (unpaired) electrons. The number of nitro benzene ring substituents is 1. The molecule has 0 heterocycles. The first-order valence-corrected chi connectivity index (χ1v) is 6.89. The maximum Gasteiger partial charge on any atom is 0.273 e. The van der Waals surface area contributed by atoms with E-state index in [1.165, 1.54) is 0 Å². The van der Waals surface area contributed by atoms with Crippen LogP contribution in [0.1, 0.15) is 36.0 Å². The van der Waals surface area contributed by atoms with Crippen LogP contribution in [-0.4, -0.2) is 40.0 Å². The molecule has 1 saturated carbocycles. The fourth-order valence-corrected chi connectivity index (χ4v) is 2.36. The number of halogens is 1. The molecule has 7 heteroatoms. The van der Waals surface area contributed by atoms with E-state index >= 15 is 0 Å². The summed E-state index contributed by atoms with van der Waals surface area (Å²) >= 11 is 0. The van der Waals surface area contributed by atoms with E-state index in [4.69, 9.17) is 5.11 Å². The lowest BCUT2D eigenvalue weighted by Gasteiger charge is -2.37. The number of carbonyl (C=O) groups excluding carboxylic acids is 1. The number of aliphatic hydroxyl groups is 1. The molecule has 0 saturated heterocycles. The van der Waals surface area contributed by atoms with Gasteiger partial charge >= 0.3 is 0 Å². The van der Waals surface area contributed by atoms with Crippen molar-refractivity contribution in [3.63, 3.8) is 0 Å². The van der Waals surface area contributed by atoms with Gasteiger partial charge in [-0.15, -0.1) is 0 Å². The number of nitro groups is 1. The van der Waals surface area contributed by atoms with E-state index in [0.717, 1.165) is 37.5 Å². The largest absolute Gasteiger partial charge is 0.396 e. The van der Waals surface area contributed by atoms with Crippen LogP contribution in [-0.2, 0) is 0 Å². The van der Waals surface area contributed by atoms with Gasteiger partial charge in [-0.05, 0) is 31.7 Å². The molecule has 0 bridgehead atoms. The zero-order chi connectivity index (χ0) is 15.4. The van der Waals surface area contributed by atoms with E-state index in [9.17, 15) is 19.3 Å². The summed E-state index contributed by atoms with van der Waals surface area (Å²) in [5, 5.41) is 19.7. The van der Waals surface area contributed by atoms with E-state index in [2.05, 4.69) is 0 Å². The fraction of sp³-hybridized carbons (Fsp3) is 0.500. The molecule has 1 aliphatic carbocycles. The lowest BCUT2D eigenvalue weighted by molar-refractivity contribution is -0.385. The molecule has 0 spiro atoms. The Morgan fingerprint density at radius 2 is 2.14 bits per heavy atom. The molecule has 2 rings (SSSR count). The Morgan fingerprint density at radius 3 is 2.67 bits per heavy atom. The number of aliphatic hydroxyl groups excluding tert-OH is 1. The maximum absolute atomic E-state index is 13.4. The molecule has 1 aromatic rings. The third-order valence-electron chi connectivity index (χ3n) is 3.67. The van der Waals surface area contributed by atoms with Gasteiger partial charge in [0.15, 0.2) is 0 Å². The van der Waals surface area contributed by atoms with E-state index in [1.54, 1.807) is 4.90 Å². The Bertz CT molecular complexity index is 546. The zero-order valence-electron chi connectivity index (χ0n) is 11.5. The Balaban J connectivity index is 2.24. The molecule has 114 valence electrons. The lowest BCUT2D eigenvalue weighted by Crippen LogP contribution is -2.45. The minimum Gasteiger partial charge on any atom is -0.396 e. The highest BCUT2D eigenvalue weighted by atomic mass is 19.1.